The number of hydrogen-bond acceptors (Lipinski definition) is 1. The Morgan fingerprint density at radius 2 is 2.23 bits per heavy atom. The minimum absolute atomic E-state index is 0.647. The Kier molecular flexibility index (Phi) is 3.61. The van der Waals surface area contributed by atoms with E-state index in [1.807, 2.05) is 23.9 Å². The van der Waals surface area contributed by atoms with E-state index in [9.17, 15) is 0 Å². The Morgan fingerprint density at radius 1 is 1.54 bits per heavy atom. The SMILES string of the molecule is C=C/C=C(/C)C1=C(C=C)SCC1C. The molecule has 0 fully saturated rings. The number of thioether (sulfide) groups is 1. The summed E-state index contributed by atoms with van der Waals surface area (Å²) >= 11 is 1.90. The lowest BCUT2D eigenvalue weighted by Crippen LogP contribution is -1.98. The van der Waals surface area contributed by atoms with Crippen molar-refractivity contribution >= 4 is 11.8 Å². The zero-order chi connectivity index (χ0) is 9.84. The third-order valence-electron chi connectivity index (χ3n) is 2.23. The molecule has 0 radical (unpaired) electrons. The van der Waals surface area contributed by atoms with Crippen LogP contribution in [0.15, 0.2) is 47.4 Å². The highest BCUT2D eigenvalue weighted by Gasteiger charge is 2.21. The van der Waals surface area contributed by atoms with Gasteiger partial charge in [0.1, 0.15) is 0 Å². The van der Waals surface area contributed by atoms with E-state index in [0.29, 0.717) is 5.92 Å². The molecule has 0 aromatic rings. The molecule has 0 saturated heterocycles. The van der Waals surface area contributed by atoms with Gasteiger partial charge in [-0.15, -0.1) is 11.8 Å². The fourth-order valence-corrected chi connectivity index (χ4v) is 2.87. The molecule has 1 unspecified atom stereocenters. The molecule has 0 N–H and O–H groups in total. The molecule has 0 aliphatic carbocycles. The summed E-state index contributed by atoms with van der Waals surface area (Å²) in [6.45, 7) is 12.0. The van der Waals surface area contributed by atoms with Crippen molar-refractivity contribution in [1.82, 2.24) is 0 Å². The van der Waals surface area contributed by atoms with Crippen LogP contribution >= 0.6 is 11.8 Å². The van der Waals surface area contributed by atoms with Gasteiger partial charge < -0.3 is 0 Å². The predicted octanol–water partition coefficient (Wildman–Crippen LogP) is 3.94. The van der Waals surface area contributed by atoms with Gasteiger partial charge in [-0.3, -0.25) is 0 Å². The van der Waals surface area contributed by atoms with Gasteiger partial charge >= 0.3 is 0 Å². The molecule has 0 aromatic carbocycles. The fourth-order valence-electron chi connectivity index (χ4n) is 1.64. The maximum atomic E-state index is 3.84. The molecule has 1 aliphatic rings. The normalized spacial score (nSPS) is 23.5. The Balaban J connectivity index is 3.04. The molecule has 0 saturated carbocycles. The standard InChI is InChI=1S/C12H16S/c1-5-7-9(3)12-10(4)8-13-11(12)6-2/h5-7,10H,1-2,8H2,3-4H3/b9-7-. The van der Waals surface area contributed by atoms with Crippen molar-refractivity contribution in [2.75, 3.05) is 5.75 Å². The van der Waals surface area contributed by atoms with Crippen molar-refractivity contribution < 1.29 is 0 Å². The van der Waals surface area contributed by atoms with Crippen LogP contribution in [0.2, 0.25) is 0 Å². The molecule has 1 aliphatic heterocycles. The summed E-state index contributed by atoms with van der Waals surface area (Å²) in [5.41, 5.74) is 2.77. The first-order chi connectivity index (χ1) is 6.20. The molecule has 70 valence electrons. The number of rotatable bonds is 3. The molecule has 0 nitrogen and oxygen atoms in total. The lowest BCUT2D eigenvalue weighted by atomic mass is 9.95. The van der Waals surface area contributed by atoms with Crippen molar-refractivity contribution in [3.63, 3.8) is 0 Å². The first kappa shape index (κ1) is 10.4. The summed E-state index contributed by atoms with van der Waals surface area (Å²) in [5.74, 6) is 1.83. The summed E-state index contributed by atoms with van der Waals surface area (Å²) in [5, 5.41) is 0. The number of hydrogen-bond donors (Lipinski definition) is 0. The smallest absolute Gasteiger partial charge is 0.0104 e. The van der Waals surface area contributed by atoms with Crippen molar-refractivity contribution in [1.29, 1.82) is 0 Å². The van der Waals surface area contributed by atoms with E-state index >= 15 is 0 Å². The van der Waals surface area contributed by atoms with Gasteiger partial charge in [0.25, 0.3) is 0 Å². The van der Waals surface area contributed by atoms with Gasteiger partial charge in [-0.05, 0) is 24.0 Å². The van der Waals surface area contributed by atoms with Gasteiger partial charge in [-0.2, -0.15) is 0 Å². The summed E-state index contributed by atoms with van der Waals surface area (Å²) in [6, 6.07) is 0. The van der Waals surface area contributed by atoms with Crippen LogP contribution in [0.25, 0.3) is 0 Å². The third kappa shape index (κ3) is 2.16. The quantitative estimate of drug-likeness (QED) is 0.610. The van der Waals surface area contributed by atoms with E-state index in [0.717, 1.165) is 0 Å². The first-order valence-electron chi connectivity index (χ1n) is 4.49. The lowest BCUT2D eigenvalue weighted by molar-refractivity contribution is 0.804. The highest BCUT2D eigenvalue weighted by Crippen LogP contribution is 2.39. The van der Waals surface area contributed by atoms with Crippen LogP contribution < -0.4 is 0 Å². The van der Waals surface area contributed by atoms with Gasteiger partial charge in [0.2, 0.25) is 0 Å². The molecule has 1 heterocycles. The van der Waals surface area contributed by atoms with Crippen molar-refractivity contribution in [3.8, 4) is 0 Å². The monoisotopic (exact) mass is 192 g/mol. The molecular weight excluding hydrogens is 176 g/mol. The molecular formula is C12H16S. The molecule has 0 spiro atoms. The Labute approximate surface area is 85.1 Å². The zero-order valence-electron chi connectivity index (χ0n) is 8.34. The second-order valence-electron chi connectivity index (χ2n) is 3.28. The van der Waals surface area contributed by atoms with Crippen molar-refractivity contribution in [2.24, 2.45) is 5.92 Å². The molecule has 0 amide bonds. The molecule has 1 atom stereocenters. The van der Waals surface area contributed by atoms with E-state index in [1.54, 1.807) is 0 Å². The predicted molar refractivity (Wildman–Crippen MR) is 62.8 cm³/mol. The van der Waals surface area contributed by atoms with Gasteiger partial charge in [0.15, 0.2) is 0 Å². The number of allylic oxidation sites excluding steroid dienone is 5. The minimum Gasteiger partial charge on any atom is -0.125 e. The molecule has 1 rings (SSSR count). The van der Waals surface area contributed by atoms with Crippen molar-refractivity contribution in [3.05, 3.63) is 47.4 Å². The summed E-state index contributed by atoms with van der Waals surface area (Å²) < 4.78 is 0. The van der Waals surface area contributed by atoms with E-state index in [4.69, 9.17) is 0 Å². The van der Waals surface area contributed by atoms with Gasteiger partial charge in [0, 0.05) is 10.7 Å². The Morgan fingerprint density at radius 3 is 2.77 bits per heavy atom. The molecule has 0 aromatic heterocycles. The first-order valence-corrected chi connectivity index (χ1v) is 5.48. The maximum Gasteiger partial charge on any atom is 0.0104 e. The van der Waals surface area contributed by atoms with Gasteiger partial charge in [-0.1, -0.05) is 38.3 Å². The Bertz CT molecular complexity index is 281. The van der Waals surface area contributed by atoms with E-state index in [1.165, 1.54) is 21.8 Å². The van der Waals surface area contributed by atoms with E-state index < -0.39 is 0 Å². The average molecular weight is 192 g/mol. The molecule has 1 heteroatoms. The summed E-state index contributed by atoms with van der Waals surface area (Å²) in [7, 11) is 0. The molecule has 13 heavy (non-hydrogen) atoms. The third-order valence-corrected chi connectivity index (χ3v) is 3.59. The lowest BCUT2D eigenvalue weighted by Gasteiger charge is -2.08. The molecule has 0 bridgehead atoms. The summed E-state index contributed by atoms with van der Waals surface area (Å²) in [6.07, 6.45) is 5.88. The van der Waals surface area contributed by atoms with Gasteiger partial charge in [0.05, 0.1) is 0 Å². The highest BCUT2D eigenvalue weighted by molar-refractivity contribution is 8.03. The van der Waals surface area contributed by atoms with Crippen LogP contribution in [0.1, 0.15) is 13.8 Å². The van der Waals surface area contributed by atoms with Gasteiger partial charge in [-0.25, -0.2) is 0 Å². The second-order valence-corrected chi connectivity index (χ2v) is 4.34. The van der Waals surface area contributed by atoms with Crippen LogP contribution in [-0.4, -0.2) is 5.75 Å². The zero-order valence-corrected chi connectivity index (χ0v) is 9.16. The largest absolute Gasteiger partial charge is 0.125 e. The average Bonchev–Trinajstić information content (AvgIpc) is 2.47. The van der Waals surface area contributed by atoms with Crippen LogP contribution in [0.4, 0.5) is 0 Å². The Hall–Kier alpha value is -0.690. The van der Waals surface area contributed by atoms with E-state index in [2.05, 4.69) is 33.1 Å². The van der Waals surface area contributed by atoms with Crippen LogP contribution in [0.5, 0.6) is 0 Å². The van der Waals surface area contributed by atoms with Crippen LogP contribution in [0.3, 0.4) is 0 Å². The minimum atomic E-state index is 0.647. The second kappa shape index (κ2) is 4.52. The highest BCUT2D eigenvalue weighted by atomic mass is 32.2. The van der Waals surface area contributed by atoms with Crippen LogP contribution in [0, 0.1) is 5.92 Å². The topological polar surface area (TPSA) is 0 Å². The fraction of sp³-hybridized carbons (Fsp3) is 0.333. The summed E-state index contributed by atoms with van der Waals surface area (Å²) in [4.78, 5) is 1.34. The maximum absolute atomic E-state index is 3.84. The van der Waals surface area contributed by atoms with Crippen LogP contribution in [-0.2, 0) is 0 Å². The van der Waals surface area contributed by atoms with E-state index in [-0.39, 0.29) is 0 Å². The van der Waals surface area contributed by atoms with Crippen molar-refractivity contribution in [2.45, 2.75) is 13.8 Å².